The predicted octanol–water partition coefficient (Wildman–Crippen LogP) is 3.35. The maximum Gasteiger partial charge on any atom is 0.251 e. The Labute approximate surface area is 185 Å². The highest BCUT2D eigenvalue weighted by atomic mass is 19.1. The van der Waals surface area contributed by atoms with Crippen LogP contribution in [-0.4, -0.2) is 41.4 Å². The molecule has 1 aliphatic heterocycles. The highest BCUT2D eigenvalue weighted by Gasteiger charge is 2.22. The fourth-order valence-electron chi connectivity index (χ4n) is 3.57. The molecule has 0 aliphatic carbocycles. The number of carbonyl (C=O) groups is 2. The van der Waals surface area contributed by atoms with Crippen molar-refractivity contribution in [1.29, 1.82) is 0 Å². The van der Waals surface area contributed by atoms with E-state index in [-0.39, 0.29) is 23.5 Å². The number of ether oxygens (including phenoxy) is 1. The van der Waals surface area contributed by atoms with Crippen LogP contribution in [0.4, 0.5) is 10.1 Å². The number of nitrogens with zero attached hydrogens (tertiary/aromatic N) is 2. The van der Waals surface area contributed by atoms with E-state index in [4.69, 9.17) is 4.74 Å². The van der Waals surface area contributed by atoms with E-state index in [9.17, 15) is 14.0 Å². The van der Waals surface area contributed by atoms with Gasteiger partial charge in [0.05, 0.1) is 23.8 Å². The number of amides is 2. The third-order valence-electron chi connectivity index (χ3n) is 5.45. The summed E-state index contributed by atoms with van der Waals surface area (Å²) in [7, 11) is 0. The van der Waals surface area contributed by atoms with Gasteiger partial charge in [0.15, 0.2) is 0 Å². The Morgan fingerprint density at radius 3 is 2.50 bits per heavy atom. The van der Waals surface area contributed by atoms with Gasteiger partial charge in [-0.1, -0.05) is 12.1 Å². The summed E-state index contributed by atoms with van der Waals surface area (Å²) in [5.74, 6) is -0.499. The van der Waals surface area contributed by atoms with Crippen molar-refractivity contribution >= 4 is 17.5 Å². The first-order valence-corrected chi connectivity index (χ1v) is 10.6. The first-order valence-electron chi connectivity index (χ1n) is 10.6. The normalized spacial score (nSPS) is 14.2. The standard InChI is InChI=1S/C24H25FN4O3/c25-20-5-1-17(2-6-20)9-12-26-23(30)18-3-7-22(8-4-18)29-16-21(15-27-29)28-24(31)19-10-13-32-14-11-19/h1-8,15-16,19H,9-14H2,(H,26,30)(H,28,31). The van der Waals surface area contributed by atoms with Crippen molar-refractivity contribution in [3.63, 3.8) is 0 Å². The molecule has 0 saturated carbocycles. The van der Waals surface area contributed by atoms with Gasteiger partial charge >= 0.3 is 0 Å². The van der Waals surface area contributed by atoms with Crippen LogP contribution >= 0.6 is 0 Å². The lowest BCUT2D eigenvalue weighted by Crippen LogP contribution is -2.28. The average Bonchev–Trinajstić information content (AvgIpc) is 3.29. The van der Waals surface area contributed by atoms with Gasteiger partial charge in [-0.3, -0.25) is 9.59 Å². The summed E-state index contributed by atoms with van der Waals surface area (Å²) in [5.41, 5.74) is 2.90. The fraction of sp³-hybridized carbons (Fsp3) is 0.292. The Hall–Kier alpha value is -3.52. The van der Waals surface area contributed by atoms with Crippen molar-refractivity contribution in [1.82, 2.24) is 15.1 Å². The van der Waals surface area contributed by atoms with Crippen molar-refractivity contribution in [3.8, 4) is 5.69 Å². The molecule has 3 aromatic rings. The second-order valence-corrected chi connectivity index (χ2v) is 7.73. The Kier molecular flexibility index (Phi) is 6.91. The van der Waals surface area contributed by atoms with Gasteiger partial charge in [-0.2, -0.15) is 5.10 Å². The molecule has 1 saturated heterocycles. The van der Waals surface area contributed by atoms with E-state index >= 15 is 0 Å². The number of aromatic nitrogens is 2. The molecule has 2 heterocycles. The maximum atomic E-state index is 12.9. The molecule has 0 bridgehead atoms. The van der Waals surface area contributed by atoms with Crippen LogP contribution in [0.1, 0.15) is 28.8 Å². The number of hydrogen-bond donors (Lipinski definition) is 2. The van der Waals surface area contributed by atoms with Crippen LogP contribution in [0.3, 0.4) is 0 Å². The molecule has 0 spiro atoms. The van der Waals surface area contributed by atoms with E-state index in [0.29, 0.717) is 37.4 Å². The van der Waals surface area contributed by atoms with Crippen LogP contribution in [0.25, 0.3) is 5.69 Å². The zero-order chi connectivity index (χ0) is 22.3. The average molecular weight is 436 g/mol. The van der Waals surface area contributed by atoms with Gasteiger partial charge in [-0.25, -0.2) is 9.07 Å². The van der Waals surface area contributed by atoms with Crippen LogP contribution in [0.15, 0.2) is 60.9 Å². The summed E-state index contributed by atoms with van der Waals surface area (Å²) < 4.78 is 19.9. The molecule has 1 aromatic heterocycles. The minimum absolute atomic E-state index is 0.0134. The summed E-state index contributed by atoms with van der Waals surface area (Å²) >= 11 is 0. The fourth-order valence-corrected chi connectivity index (χ4v) is 3.57. The molecule has 1 fully saturated rings. The van der Waals surface area contributed by atoms with E-state index in [1.165, 1.54) is 12.1 Å². The van der Waals surface area contributed by atoms with Gasteiger partial charge in [0.1, 0.15) is 5.82 Å². The lowest BCUT2D eigenvalue weighted by molar-refractivity contribution is -0.122. The summed E-state index contributed by atoms with van der Waals surface area (Å²) in [6.45, 7) is 1.69. The van der Waals surface area contributed by atoms with Crippen LogP contribution in [0.5, 0.6) is 0 Å². The van der Waals surface area contributed by atoms with Crippen LogP contribution in [0, 0.1) is 11.7 Å². The minimum Gasteiger partial charge on any atom is -0.381 e. The minimum atomic E-state index is -0.274. The Morgan fingerprint density at radius 2 is 1.78 bits per heavy atom. The van der Waals surface area contributed by atoms with Crippen molar-refractivity contribution in [2.75, 3.05) is 25.1 Å². The van der Waals surface area contributed by atoms with Crippen molar-refractivity contribution in [3.05, 3.63) is 77.9 Å². The SMILES string of the molecule is O=C(NCCc1ccc(F)cc1)c1ccc(-n2cc(NC(=O)C3CCOCC3)cn2)cc1. The molecular formula is C24H25FN4O3. The largest absolute Gasteiger partial charge is 0.381 e. The monoisotopic (exact) mass is 436 g/mol. The number of halogens is 1. The molecule has 2 N–H and O–H groups in total. The highest BCUT2D eigenvalue weighted by Crippen LogP contribution is 2.18. The summed E-state index contributed by atoms with van der Waals surface area (Å²) in [4.78, 5) is 24.7. The molecular weight excluding hydrogens is 411 g/mol. The second kappa shape index (κ2) is 10.2. The van der Waals surface area contributed by atoms with Crippen LogP contribution < -0.4 is 10.6 Å². The number of benzene rings is 2. The van der Waals surface area contributed by atoms with Gasteiger partial charge in [0, 0.05) is 31.2 Å². The lowest BCUT2D eigenvalue weighted by Gasteiger charge is -2.20. The van der Waals surface area contributed by atoms with E-state index in [1.807, 2.05) is 0 Å². The first-order chi connectivity index (χ1) is 15.6. The maximum absolute atomic E-state index is 12.9. The highest BCUT2D eigenvalue weighted by molar-refractivity contribution is 5.94. The van der Waals surface area contributed by atoms with Crippen molar-refractivity contribution in [2.45, 2.75) is 19.3 Å². The Balaban J connectivity index is 1.29. The molecule has 4 rings (SSSR count). The molecule has 0 radical (unpaired) electrons. The number of rotatable bonds is 7. The van der Waals surface area contributed by atoms with E-state index in [1.54, 1.807) is 53.5 Å². The third-order valence-corrected chi connectivity index (χ3v) is 5.45. The summed E-state index contributed by atoms with van der Waals surface area (Å²) in [5, 5.41) is 10.1. The van der Waals surface area contributed by atoms with Gasteiger partial charge in [0.2, 0.25) is 5.91 Å². The van der Waals surface area contributed by atoms with Gasteiger partial charge in [-0.05, 0) is 61.2 Å². The topological polar surface area (TPSA) is 85.2 Å². The van der Waals surface area contributed by atoms with Crippen molar-refractivity contribution < 1.29 is 18.7 Å². The molecule has 0 unspecified atom stereocenters. The van der Waals surface area contributed by atoms with Gasteiger partial charge in [-0.15, -0.1) is 0 Å². The molecule has 2 aromatic carbocycles. The predicted molar refractivity (Wildman–Crippen MR) is 118 cm³/mol. The van der Waals surface area contributed by atoms with E-state index in [0.717, 1.165) is 24.1 Å². The zero-order valence-corrected chi connectivity index (χ0v) is 17.6. The number of carbonyl (C=O) groups excluding carboxylic acids is 2. The molecule has 166 valence electrons. The molecule has 2 amide bonds. The molecule has 0 atom stereocenters. The number of hydrogen-bond acceptors (Lipinski definition) is 4. The van der Waals surface area contributed by atoms with E-state index in [2.05, 4.69) is 15.7 Å². The molecule has 8 heteroatoms. The summed E-state index contributed by atoms with van der Waals surface area (Å²) in [6, 6.07) is 13.3. The smallest absolute Gasteiger partial charge is 0.251 e. The molecule has 1 aliphatic rings. The summed E-state index contributed by atoms with van der Waals surface area (Å²) in [6.07, 6.45) is 5.43. The quantitative estimate of drug-likeness (QED) is 0.595. The van der Waals surface area contributed by atoms with Gasteiger partial charge in [0.25, 0.3) is 5.91 Å². The third kappa shape index (κ3) is 5.59. The number of nitrogens with one attached hydrogen (secondary N) is 2. The molecule has 7 nitrogen and oxygen atoms in total. The van der Waals surface area contributed by atoms with Crippen LogP contribution in [0.2, 0.25) is 0 Å². The van der Waals surface area contributed by atoms with Crippen LogP contribution in [-0.2, 0) is 16.0 Å². The van der Waals surface area contributed by atoms with Gasteiger partial charge < -0.3 is 15.4 Å². The first kappa shape index (κ1) is 21.7. The molecule has 32 heavy (non-hydrogen) atoms. The Morgan fingerprint density at radius 1 is 1.06 bits per heavy atom. The van der Waals surface area contributed by atoms with Crippen molar-refractivity contribution in [2.24, 2.45) is 5.92 Å². The van der Waals surface area contributed by atoms with E-state index < -0.39 is 0 Å². The zero-order valence-electron chi connectivity index (χ0n) is 17.6. The second-order valence-electron chi connectivity index (χ2n) is 7.73. The number of anilines is 1. The Bertz CT molecular complexity index is 1060. The lowest BCUT2D eigenvalue weighted by atomic mass is 9.99.